The van der Waals surface area contributed by atoms with Crippen LogP contribution in [-0.4, -0.2) is 14.4 Å². The molecule has 0 aliphatic carbocycles. The van der Waals surface area contributed by atoms with E-state index in [0.717, 1.165) is 5.75 Å². The van der Waals surface area contributed by atoms with E-state index in [1.54, 1.807) is 13.2 Å². The molecule has 0 bridgehead atoms. The lowest BCUT2D eigenvalue weighted by atomic mass is 10.3. The molecule has 0 saturated heterocycles. The maximum absolute atomic E-state index is 9.75. The Hall–Kier alpha value is -1.20. The third-order valence-electron chi connectivity index (χ3n) is 0.914. The van der Waals surface area contributed by atoms with Crippen LogP contribution in [0.5, 0.6) is 5.75 Å². The fourth-order valence-corrected chi connectivity index (χ4v) is 0.504. The molecule has 73 valence electrons. The Morgan fingerprint density at radius 2 is 1.85 bits per heavy atom. The fraction of sp³-hybridized carbons (Fsp3) is 0.143. The lowest BCUT2D eigenvalue weighted by Crippen LogP contribution is -2.02. The van der Waals surface area contributed by atoms with Gasteiger partial charge < -0.3 is 22.0 Å². The first-order valence-electron chi connectivity index (χ1n) is 3.31. The molecule has 0 spiro atoms. The van der Waals surface area contributed by atoms with Crippen molar-refractivity contribution < 1.29 is 22.0 Å². The molecular weight excluding hydrogens is 187 g/mol. The van der Waals surface area contributed by atoms with Crippen LogP contribution in [0.4, 0.5) is 17.3 Å². The van der Waals surface area contributed by atoms with Crippen LogP contribution in [0.1, 0.15) is 0 Å². The van der Waals surface area contributed by atoms with E-state index in [9.17, 15) is 17.3 Å². The van der Waals surface area contributed by atoms with Gasteiger partial charge in [-0.1, -0.05) is 12.1 Å². The summed E-state index contributed by atoms with van der Waals surface area (Å²) in [5, 5.41) is 0. The van der Waals surface area contributed by atoms with Gasteiger partial charge in [-0.15, -0.1) is 0 Å². The van der Waals surface area contributed by atoms with E-state index >= 15 is 0 Å². The molecule has 0 heterocycles. The molecule has 0 N–H and O–H groups in total. The van der Waals surface area contributed by atoms with E-state index in [4.69, 9.17) is 4.74 Å². The summed E-state index contributed by atoms with van der Waals surface area (Å²) in [5.41, 5.74) is 0. The predicted octanol–water partition coefficient (Wildman–Crippen LogP) is 2.80. The van der Waals surface area contributed by atoms with E-state index in [1.807, 2.05) is 18.2 Å². The summed E-state index contributed by atoms with van der Waals surface area (Å²) in [6, 6.07) is 10.3. The number of ether oxygens (including phenoxy) is 1. The van der Waals surface area contributed by atoms with Crippen molar-refractivity contribution in [1.82, 2.24) is 0 Å². The van der Waals surface area contributed by atoms with Gasteiger partial charge in [-0.3, -0.25) is 0 Å². The lowest BCUT2D eigenvalue weighted by Gasteiger charge is -1.94. The van der Waals surface area contributed by atoms with Crippen molar-refractivity contribution in [3.8, 4) is 5.75 Å². The summed E-state index contributed by atoms with van der Waals surface area (Å²) in [4.78, 5) is 0. The second-order valence-corrected chi connectivity index (χ2v) is 1.94. The number of hydrogen-bond donors (Lipinski definition) is 0. The van der Waals surface area contributed by atoms with E-state index in [2.05, 4.69) is 6.07 Å². The molecule has 0 unspecified atom stereocenters. The molecule has 13 heavy (non-hydrogen) atoms. The summed E-state index contributed by atoms with van der Waals surface area (Å²) in [6.07, 6.45) is 0. The standard InChI is InChI=1S/C7H7O.BF4/c1-8-7-5-3-2-4-6-7;2-1(3,4)5/h2-3,5-6H,1H3;/q;-1. The van der Waals surface area contributed by atoms with Crippen LogP contribution in [0.3, 0.4) is 0 Å². The van der Waals surface area contributed by atoms with E-state index in [-0.39, 0.29) is 0 Å². The van der Waals surface area contributed by atoms with Gasteiger partial charge in [0, 0.05) is 0 Å². The van der Waals surface area contributed by atoms with Gasteiger partial charge in [0.2, 0.25) is 0 Å². The molecule has 0 atom stereocenters. The Labute approximate surface area is 73.4 Å². The molecule has 0 aromatic heterocycles. The second-order valence-electron chi connectivity index (χ2n) is 1.94. The largest absolute Gasteiger partial charge is 0.673 e. The van der Waals surface area contributed by atoms with Crippen molar-refractivity contribution in [2.75, 3.05) is 7.11 Å². The van der Waals surface area contributed by atoms with Crippen molar-refractivity contribution >= 4 is 7.25 Å². The SMILES string of the molecule is COc1c[c]ccc1.F[B-](F)(F)F. The fourth-order valence-electron chi connectivity index (χ4n) is 0.504. The average Bonchev–Trinajstić information content (AvgIpc) is 2.03. The van der Waals surface area contributed by atoms with Crippen LogP contribution in [0, 0.1) is 6.07 Å². The van der Waals surface area contributed by atoms with Gasteiger partial charge in [-0.2, -0.15) is 0 Å². The van der Waals surface area contributed by atoms with Crippen molar-refractivity contribution in [2.45, 2.75) is 0 Å². The molecule has 0 fully saturated rings. The summed E-state index contributed by atoms with van der Waals surface area (Å²) < 4.78 is 43.9. The molecule has 6 heteroatoms. The van der Waals surface area contributed by atoms with Crippen molar-refractivity contribution in [3.05, 3.63) is 30.3 Å². The average molecular weight is 194 g/mol. The molecule has 0 saturated carbocycles. The smallest absolute Gasteiger partial charge is 0.497 e. The zero-order chi connectivity index (χ0) is 10.3. The van der Waals surface area contributed by atoms with Gasteiger partial charge >= 0.3 is 7.25 Å². The van der Waals surface area contributed by atoms with Crippen LogP contribution in [-0.2, 0) is 0 Å². The van der Waals surface area contributed by atoms with Gasteiger partial charge in [0.05, 0.1) is 7.11 Å². The highest BCUT2D eigenvalue weighted by Crippen LogP contribution is 2.06. The molecule has 0 aliphatic rings. The molecule has 0 amide bonds. The van der Waals surface area contributed by atoms with Crippen molar-refractivity contribution in [2.24, 2.45) is 0 Å². The predicted molar refractivity (Wildman–Crippen MR) is 42.0 cm³/mol. The molecule has 1 radical (unpaired) electrons. The van der Waals surface area contributed by atoms with Gasteiger partial charge in [-0.05, 0) is 18.2 Å². The van der Waals surface area contributed by atoms with E-state index in [0.29, 0.717) is 0 Å². The highest BCUT2D eigenvalue weighted by Gasteiger charge is 2.20. The Kier molecular flexibility index (Phi) is 4.95. The van der Waals surface area contributed by atoms with Crippen LogP contribution < -0.4 is 4.74 Å². The number of rotatable bonds is 1. The number of benzene rings is 1. The van der Waals surface area contributed by atoms with Gasteiger partial charge in [-0.25, -0.2) is 0 Å². The zero-order valence-corrected chi connectivity index (χ0v) is 6.81. The lowest BCUT2D eigenvalue weighted by molar-refractivity contribution is 0.368. The Morgan fingerprint density at radius 1 is 1.31 bits per heavy atom. The molecule has 1 nitrogen and oxygen atoms in total. The molecular formula is C7H7BF4O-. The van der Waals surface area contributed by atoms with E-state index in [1.165, 1.54) is 0 Å². The highest BCUT2D eigenvalue weighted by atomic mass is 19.5. The minimum Gasteiger partial charge on any atom is -0.497 e. The minimum absolute atomic E-state index is 0.854. The molecule has 1 aromatic rings. The maximum atomic E-state index is 9.75. The van der Waals surface area contributed by atoms with Gasteiger partial charge in [0.25, 0.3) is 0 Å². The zero-order valence-electron chi connectivity index (χ0n) is 6.81. The number of halogens is 4. The Morgan fingerprint density at radius 3 is 2.08 bits per heavy atom. The summed E-state index contributed by atoms with van der Waals surface area (Å²) in [7, 11) is -4.36. The first-order valence-corrected chi connectivity index (χ1v) is 3.31. The first-order chi connectivity index (χ1) is 5.93. The van der Waals surface area contributed by atoms with Gasteiger partial charge in [0.1, 0.15) is 5.75 Å². The third-order valence-corrected chi connectivity index (χ3v) is 0.914. The van der Waals surface area contributed by atoms with Crippen LogP contribution >= 0.6 is 0 Å². The molecule has 0 aliphatic heterocycles. The summed E-state index contributed by atoms with van der Waals surface area (Å²) >= 11 is 0. The normalized spacial score (nSPS) is 9.92. The van der Waals surface area contributed by atoms with Crippen LogP contribution in [0.2, 0.25) is 0 Å². The Balaban J connectivity index is 0.000000252. The monoisotopic (exact) mass is 194 g/mol. The summed E-state index contributed by atoms with van der Waals surface area (Å²) in [6.45, 7) is 0. The molecule has 1 aromatic carbocycles. The number of hydrogen-bond acceptors (Lipinski definition) is 1. The maximum Gasteiger partial charge on any atom is 0.673 e. The second kappa shape index (κ2) is 5.45. The summed E-state index contributed by atoms with van der Waals surface area (Å²) in [5.74, 6) is 0.854. The topological polar surface area (TPSA) is 9.23 Å². The molecule has 1 rings (SSSR count). The minimum atomic E-state index is -6.00. The van der Waals surface area contributed by atoms with Crippen molar-refractivity contribution in [3.63, 3.8) is 0 Å². The highest BCUT2D eigenvalue weighted by molar-refractivity contribution is 6.50. The first kappa shape index (κ1) is 11.8. The van der Waals surface area contributed by atoms with Crippen LogP contribution in [0.15, 0.2) is 24.3 Å². The third kappa shape index (κ3) is 10.8. The number of methoxy groups -OCH3 is 1. The van der Waals surface area contributed by atoms with E-state index < -0.39 is 7.25 Å². The van der Waals surface area contributed by atoms with Crippen LogP contribution in [0.25, 0.3) is 0 Å². The Bertz CT molecular complexity index is 218. The quantitative estimate of drug-likeness (QED) is 0.493. The van der Waals surface area contributed by atoms with Crippen molar-refractivity contribution in [1.29, 1.82) is 0 Å². The van der Waals surface area contributed by atoms with Gasteiger partial charge in [0.15, 0.2) is 0 Å².